The summed E-state index contributed by atoms with van der Waals surface area (Å²) in [5.41, 5.74) is 1.34. The van der Waals surface area contributed by atoms with Crippen LogP contribution in [0, 0.1) is 0 Å². The molecule has 1 aromatic carbocycles. The molecule has 1 aliphatic heterocycles. The Hall–Kier alpha value is -2.14. The van der Waals surface area contributed by atoms with Crippen LogP contribution in [0.2, 0.25) is 0 Å². The average Bonchev–Trinajstić information content (AvgIpc) is 2.92. The van der Waals surface area contributed by atoms with Gasteiger partial charge in [-0.25, -0.2) is 4.98 Å². The smallest absolute Gasteiger partial charge is 0.224 e. The van der Waals surface area contributed by atoms with Gasteiger partial charge in [-0.1, -0.05) is 43.2 Å². The SMILES string of the molecule is CN(CCNc1nccc(N2CCCCCC2)n1)Cc1ccccc1. The largest absolute Gasteiger partial charge is 0.356 e. The molecule has 1 fully saturated rings. The first-order valence-corrected chi connectivity index (χ1v) is 9.35. The van der Waals surface area contributed by atoms with Gasteiger partial charge in [0.05, 0.1) is 0 Å². The Labute approximate surface area is 151 Å². The van der Waals surface area contributed by atoms with Gasteiger partial charge in [0.1, 0.15) is 5.82 Å². The lowest BCUT2D eigenvalue weighted by Crippen LogP contribution is -2.27. The number of hydrogen-bond donors (Lipinski definition) is 1. The topological polar surface area (TPSA) is 44.3 Å². The van der Waals surface area contributed by atoms with Gasteiger partial charge in [-0.3, -0.25) is 0 Å². The van der Waals surface area contributed by atoms with Crippen LogP contribution >= 0.6 is 0 Å². The first-order valence-electron chi connectivity index (χ1n) is 9.35. The van der Waals surface area contributed by atoms with Crippen molar-refractivity contribution in [1.29, 1.82) is 0 Å². The maximum absolute atomic E-state index is 4.70. The Bertz CT molecular complexity index is 623. The van der Waals surface area contributed by atoms with E-state index in [1.807, 2.05) is 12.3 Å². The Morgan fingerprint density at radius 1 is 1.04 bits per heavy atom. The zero-order valence-electron chi connectivity index (χ0n) is 15.2. The summed E-state index contributed by atoms with van der Waals surface area (Å²) >= 11 is 0. The third-order valence-electron chi connectivity index (χ3n) is 4.64. The molecule has 2 heterocycles. The summed E-state index contributed by atoms with van der Waals surface area (Å²) in [4.78, 5) is 13.8. The van der Waals surface area contributed by atoms with Gasteiger partial charge in [0, 0.05) is 38.9 Å². The third-order valence-corrected chi connectivity index (χ3v) is 4.64. The average molecular weight is 339 g/mol. The number of nitrogens with one attached hydrogen (secondary N) is 1. The monoisotopic (exact) mass is 339 g/mol. The van der Waals surface area contributed by atoms with Crippen LogP contribution in [0.25, 0.3) is 0 Å². The molecule has 1 aliphatic rings. The predicted octanol–water partition coefficient (Wildman–Crippen LogP) is 3.40. The van der Waals surface area contributed by atoms with Crippen molar-refractivity contribution in [2.75, 3.05) is 43.4 Å². The fraction of sp³-hybridized carbons (Fsp3) is 0.500. The summed E-state index contributed by atoms with van der Waals surface area (Å²) < 4.78 is 0. The van der Waals surface area contributed by atoms with Crippen molar-refractivity contribution in [1.82, 2.24) is 14.9 Å². The minimum absolute atomic E-state index is 0.731. The maximum atomic E-state index is 4.70. The van der Waals surface area contributed by atoms with Gasteiger partial charge >= 0.3 is 0 Å². The second-order valence-corrected chi connectivity index (χ2v) is 6.79. The van der Waals surface area contributed by atoms with Gasteiger partial charge in [-0.2, -0.15) is 4.98 Å². The molecule has 0 saturated carbocycles. The van der Waals surface area contributed by atoms with E-state index in [-0.39, 0.29) is 0 Å². The maximum Gasteiger partial charge on any atom is 0.224 e. The van der Waals surface area contributed by atoms with Crippen molar-refractivity contribution in [3.8, 4) is 0 Å². The quantitative estimate of drug-likeness (QED) is 0.837. The van der Waals surface area contributed by atoms with E-state index >= 15 is 0 Å². The van der Waals surface area contributed by atoms with E-state index in [9.17, 15) is 0 Å². The van der Waals surface area contributed by atoms with E-state index in [1.54, 1.807) is 0 Å². The van der Waals surface area contributed by atoms with Gasteiger partial charge in [0.25, 0.3) is 0 Å². The number of anilines is 2. The molecule has 1 N–H and O–H groups in total. The minimum Gasteiger partial charge on any atom is -0.356 e. The zero-order chi connectivity index (χ0) is 17.3. The molecule has 0 aliphatic carbocycles. The highest BCUT2D eigenvalue weighted by Gasteiger charge is 2.11. The molecule has 0 bridgehead atoms. The summed E-state index contributed by atoms with van der Waals surface area (Å²) in [6.07, 6.45) is 7.05. The zero-order valence-corrected chi connectivity index (χ0v) is 15.2. The summed E-state index contributed by atoms with van der Waals surface area (Å²) in [5, 5.41) is 3.37. The Balaban J connectivity index is 1.47. The van der Waals surface area contributed by atoms with E-state index in [0.717, 1.165) is 44.5 Å². The predicted molar refractivity (Wildman–Crippen MR) is 104 cm³/mol. The molecule has 3 rings (SSSR count). The van der Waals surface area contributed by atoms with Crippen LogP contribution < -0.4 is 10.2 Å². The number of benzene rings is 1. The van der Waals surface area contributed by atoms with Crippen LogP contribution in [0.4, 0.5) is 11.8 Å². The number of likely N-dealkylation sites (N-methyl/N-ethyl adjacent to an activating group) is 1. The highest BCUT2D eigenvalue weighted by Crippen LogP contribution is 2.17. The van der Waals surface area contributed by atoms with E-state index in [1.165, 1.54) is 31.2 Å². The lowest BCUT2D eigenvalue weighted by molar-refractivity contribution is 0.340. The molecule has 134 valence electrons. The van der Waals surface area contributed by atoms with E-state index in [0.29, 0.717) is 0 Å². The van der Waals surface area contributed by atoms with Crippen molar-refractivity contribution in [2.45, 2.75) is 32.2 Å². The summed E-state index contributed by atoms with van der Waals surface area (Å²) in [7, 11) is 2.14. The molecular formula is C20H29N5. The fourth-order valence-electron chi connectivity index (χ4n) is 3.24. The first kappa shape index (κ1) is 17.7. The van der Waals surface area contributed by atoms with Gasteiger partial charge in [0.15, 0.2) is 0 Å². The molecule has 25 heavy (non-hydrogen) atoms. The van der Waals surface area contributed by atoms with Crippen molar-refractivity contribution in [2.24, 2.45) is 0 Å². The Morgan fingerprint density at radius 3 is 2.56 bits per heavy atom. The Kier molecular flexibility index (Phi) is 6.63. The molecule has 2 aromatic rings. The lowest BCUT2D eigenvalue weighted by atomic mass is 10.2. The summed E-state index contributed by atoms with van der Waals surface area (Å²) in [5.74, 6) is 1.78. The van der Waals surface area contributed by atoms with Gasteiger partial charge in [0.2, 0.25) is 5.95 Å². The first-order chi connectivity index (χ1) is 12.3. The van der Waals surface area contributed by atoms with Gasteiger partial charge in [-0.15, -0.1) is 0 Å². The van der Waals surface area contributed by atoms with Crippen LogP contribution in [-0.2, 0) is 6.54 Å². The second-order valence-electron chi connectivity index (χ2n) is 6.79. The van der Waals surface area contributed by atoms with Crippen LogP contribution in [0.1, 0.15) is 31.2 Å². The van der Waals surface area contributed by atoms with Crippen molar-refractivity contribution in [3.05, 3.63) is 48.2 Å². The minimum atomic E-state index is 0.731. The highest BCUT2D eigenvalue weighted by atomic mass is 15.2. The van der Waals surface area contributed by atoms with Crippen molar-refractivity contribution in [3.63, 3.8) is 0 Å². The van der Waals surface area contributed by atoms with Gasteiger partial charge < -0.3 is 15.1 Å². The fourth-order valence-corrected chi connectivity index (χ4v) is 3.24. The number of hydrogen-bond acceptors (Lipinski definition) is 5. The normalized spacial score (nSPS) is 15.2. The van der Waals surface area contributed by atoms with Crippen LogP contribution in [0.15, 0.2) is 42.6 Å². The second kappa shape index (κ2) is 9.37. The molecule has 5 heteroatoms. The molecular weight excluding hydrogens is 310 g/mol. The summed E-state index contributed by atoms with van der Waals surface area (Å²) in [6, 6.07) is 12.6. The van der Waals surface area contributed by atoms with Crippen molar-refractivity contribution >= 4 is 11.8 Å². The highest BCUT2D eigenvalue weighted by molar-refractivity contribution is 5.42. The number of nitrogens with zero attached hydrogens (tertiary/aromatic N) is 4. The van der Waals surface area contributed by atoms with E-state index < -0.39 is 0 Å². The standard InChI is InChI=1S/C20H29N5/c1-24(17-18-9-5-4-6-10-18)16-13-22-20-21-12-11-19(23-20)25-14-7-2-3-8-15-25/h4-6,9-12H,2-3,7-8,13-17H2,1H3,(H,21,22,23). The molecule has 0 amide bonds. The molecule has 0 spiro atoms. The summed E-state index contributed by atoms with van der Waals surface area (Å²) in [6.45, 7) is 4.96. The van der Waals surface area contributed by atoms with Crippen LogP contribution in [0.3, 0.4) is 0 Å². The van der Waals surface area contributed by atoms with Gasteiger partial charge in [-0.05, 0) is 31.5 Å². The van der Waals surface area contributed by atoms with Crippen molar-refractivity contribution < 1.29 is 0 Å². The number of rotatable bonds is 7. The lowest BCUT2D eigenvalue weighted by Gasteiger charge is -2.22. The molecule has 0 radical (unpaired) electrons. The molecule has 5 nitrogen and oxygen atoms in total. The van der Waals surface area contributed by atoms with Crippen LogP contribution in [0.5, 0.6) is 0 Å². The van der Waals surface area contributed by atoms with E-state index in [2.05, 4.69) is 57.5 Å². The molecule has 1 aromatic heterocycles. The Morgan fingerprint density at radius 2 is 1.80 bits per heavy atom. The third kappa shape index (κ3) is 5.71. The van der Waals surface area contributed by atoms with Crippen LogP contribution in [-0.4, -0.2) is 48.1 Å². The molecule has 0 atom stereocenters. The molecule has 1 saturated heterocycles. The van der Waals surface area contributed by atoms with E-state index in [4.69, 9.17) is 4.98 Å². The molecule has 0 unspecified atom stereocenters. The number of aromatic nitrogens is 2.